The fourth-order valence-corrected chi connectivity index (χ4v) is 5.48. The van der Waals surface area contributed by atoms with Gasteiger partial charge in [0.1, 0.15) is 0 Å². The Kier molecular flexibility index (Phi) is 6.07. The molecule has 0 amide bonds. The molecule has 1 atom stereocenters. The van der Waals surface area contributed by atoms with Crippen LogP contribution in [0.2, 0.25) is 0 Å². The van der Waals surface area contributed by atoms with E-state index in [0.717, 1.165) is 47.5 Å². The van der Waals surface area contributed by atoms with E-state index in [9.17, 15) is 0 Å². The fourth-order valence-electron chi connectivity index (χ4n) is 3.84. The second-order valence-electron chi connectivity index (χ2n) is 7.44. The van der Waals surface area contributed by atoms with Crippen molar-refractivity contribution in [3.63, 3.8) is 0 Å². The zero-order valence-electron chi connectivity index (χ0n) is 16.8. The number of hydrogen-bond donors (Lipinski definition) is 2. The van der Waals surface area contributed by atoms with Gasteiger partial charge in [0.2, 0.25) is 0 Å². The van der Waals surface area contributed by atoms with Gasteiger partial charge in [0.25, 0.3) is 0 Å². The molecule has 154 valence electrons. The summed E-state index contributed by atoms with van der Waals surface area (Å²) in [4.78, 5) is 7.22. The summed E-state index contributed by atoms with van der Waals surface area (Å²) in [5.74, 6) is 2.23. The number of hydrogen-bond acceptors (Lipinski definition) is 8. The number of likely N-dealkylation sites (tertiary alicyclic amines) is 1. The van der Waals surface area contributed by atoms with Gasteiger partial charge in [0.15, 0.2) is 11.0 Å². The van der Waals surface area contributed by atoms with Crippen LogP contribution >= 0.6 is 23.1 Å². The zero-order chi connectivity index (χ0) is 20.4. The van der Waals surface area contributed by atoms with Crippen molar-refractivity contribution in [1.29, 1.82) is 0 Å². The molecule has 0 aliphatic carbocycles. The minimum Gasteiger partial charge on any atom is -0.403 e. The minimum absolute atomic E-state index is 0.445. The quantitative estimate of drug-likeness (QED) is 0.440. The summed E-state index contributed by atoms with van der Waals surface area (Å²) < 4.78 is 3.18. The Morgan fingerprint density at radius 3 is 3.07 bits per heavy atom. The molecule has 1 saturated heterocycles. The molecule has 0 spiro atoms. The van der Waals surface area contributed by atoms with Crippen LogP contribution in [-0.2, 0) is 7.05 Å². The molecule has 1 aliphatic heterocycles. The molecule has 1 unspecified atom stereocenters. The van der Waals surface area contributed by atoms with Crippen molar-refractivity contribution >= 4 is 39.0 Å². The maximum absolute atomic E-state index is 5.83. The van der Waals surface area contributed by atoms with Crippen LogP contribution in [0.25, 0.3) is 15.9 Å². The van der Waals surface area contributed by atoms with Gasteiger partial charge < -0.3 is 20.9 Å². The molecule has 1 aromatic carbocycles. The molecule has 1 aliphatic rings. The summed E-state index contributed by atoms with van der Waals surface area (Å²) in [5, 5.41) is 10.3. The lowest BCUT2D eigenvalue weighted by atomic mass is 9.98. The van der Waals surface area contributed by atoms with Crippen LogP contribution in [0.15, 0.2) is 29.6 Å². The number of aromatic nitrogens is 4. The van der Waals surface area contributed by atoms with Gasteiger partial charge >= 0.3 is 0 Å². The van der Waals surface area contributed by atoms with Gasteiger partial charge in [0, 0.05) is 25.5 Å². The Hall–Kier alpha value is -2.10. The number of benzene rings is 1. The van der Waals surface area contributed by atoms with Crippen molar-refractivity contribution in [1.82, 2.24) is 24.6 Å². The van der Waals surface area contributed by atoms with Crippen LogP contribution in [-0.4, -0.2) is 50.0 Å². The molecule has 3 heterocycles. The third kappa shape index (κ3) is 4.41. The van der Waals surface area contributed by atoms with E-state index in [1.165, 1.54) is 22.9 Å². The molecule has 1 fully saturated rings. The summed E-state index contributed by atoms with van der Waals surface area (Å²) in [6, 6.07) is 6.81. The highest BCUT2D eigenvalue weighted by Crippen LogP contribution is 2.31. The highest BCUT2D eigenvalue weighted by Gasteiger charge is 2.24. The normalized spacial score (nSPS) is 18.1. The van der Waals surface area contributed by atoms with E-state index in [-0.39, 0.29) is 0 Å². The predicted molar refractivity (Wildman–Crippen MR) is 121 cm³/mol. The van der Waals surface area contributed by atoms with Crippen molar-refractivity contribution in [2.45, 2.75) is 30.8 Å². The van der Waals surface area contributed by atoms with Crippen LogP contribution in [0.1, 0.15) is 35.2 Å². The van der Waals surface area contributed by atoms with Crippen LogP contribution in [0.5, 0.6) is 0 Å². The van der Waals surface area contributed by atoms with Crippen LogP contribution in [0, 0.1) is 6.92 Å². The highest BCUT2D eigenvalue weighted by molar-refractivity contribution is 7.99. The van der Waals surface area contributed by atoms with Crippen molar-refractivity contribution in [2.75, 3.05) is 25.4 Å². The van der Waals surface area contributed by atoms with E-state index < -0.39 is 0 Å². The van der Waals surface area contributed by atoms with Gasteiger partial charge in [-0.05, 0) is 56.5 Å². The average Bonchev–Trinajstić information content (AvgIpc) is 3.42. The van der Waals surface area contributed by atoms with Crippen LogP contribution in [0.3, 0.4) is 0 Å². The SMILES string of the molecule is Cc1nc2cc(C3CCN(CCCSc4nnc(/C(N)=C/N)n4C)C3)ccc2s1. The molecule has 29 heavy (non-hydrogen) atoms. The second kappa shape index (κ2) is 8.73. The number of thioether (sulfide) groups is 1. The third-order valence-corrected chi connectivity index (χ3v) is 7.44. The minimum atomic E-state index is 0.445. The van der Waals surface area contributed by atoms with Gasteiger partial charge in [-0.15, -0.1) is 21.5 Å². The molecule has 4 rings (SSSR count). The molecule has 0 radical (unpaired) electrons. The first-order chi connectivity index (χ1) is 14.0. The van der Waals surface area contributed by atoms with E-state index in [2.05, 4.69) is 45.2 Å². The van der Waals surface area contributed by atoms with Gasteiger partial charge in [-0.1, -0.05) is 17.8 Å². The first kappa shape index (κ1) is 20.2. The molecule has 0 bridgehead atoms. The monoisotopic (exact) mass is 429 g/mol. The Morgan fingerprint density at radius 2 is 2.24 bits per heavy atom. The van der Waals surface area contributed by atoms with E-state index in [1.54, 1.807) is 23.1 Å². The Labute approximate surface area is 179 Å². The lowest BCUT2D eigenvalue weighted by molar-refractivity contribution is 0.336. The van der Waals surface area contributed by atoms with Crippen molar-refractivity contribution in [3.8, 4) is 0 Å². The first-order valence-electron chi connectivity index (χ1n) is 9.84. The van der Waals surface area contributed by atoms with Crippen molar-refractivity contribution in [2.24, 2.45) is 18.5 Å². The molecule has 2 aromatic heterocycles. The zero-order valence-corrected chi connectivity index (χ0v) is 18.5. The number of aryl methyl sites for hydroxylation is 1. The van der Waals surface area contributed by atoms with Crippen molar-refractivity contribution < 1.29 is 0 Å². The summed E-state index contributed by atoms with van der Waals surface area (Å²) in [6.07, 6.45) is 3.70. The van der Waals surface area contributed by atoms with E-state index in [1.807, 2.05) is 11.6 Å². The second-order valence-corrected chi connectivity index (χ2v) is 9.73. The molecular formula is C20H27N7S2. The summed E-state index contributed by atoms with van der Waals surface area (Å²) in [6.45, 7) is 5.48. The topological polar surface area (TPSA) is 98.9 Å². The van der Waals surface area contributed by atoms with Crippen LogP contribution in [0.4, 0.5) is 0 Å². The van der Waals surface area contributed by atoms with E-state index >= 15 is 0 Å². The largest absolute Gasteiger partial charge is 0.403 e. The maximum atomic E-state index is 5.83. The van der Waals surface area contributed by atoms with Gasteiger partial charge in [-0.25, -0.2) is 4.98 Å². The predicted octanol–water partition coefficient (Wildman–Crippen LogP) is 2.92. The first-order valence-corrected chi connectivity index (χ1v) is 11.6. The van der Waals surface area contributed by atoms with Crippen LogP contribution < -0.4 is 11.5 Å². The molecule has 4 N–H and O–H groups in total. The fraction of sp³-hybridized carbons (Fsp3) is 0.450. The summed E-state index contributed by atoms with van der Waals surface area (Å²) in [5.41, 5.74) is 14.3. The van der Waals surface area contributed by atoms with Crippen molar-refractivity contribution in [3.05, 3.63) is 40.8 Å². The molecule has 3 aromatic rings. The maximum Gasteiger partial charge on any atom is 0.191 e. The number of rotatable bonds is 7. The lowest BCUT2D eigenvalue weighted by Crippen LogP contribution is -2.22. The summed E-state index contributed by atoms with van der Waals surface area (Å²) in [7, 11) is 1.92. The molecular weight excluding hydrogens is 402 g/mol. The van der Waals surface area contributed by atoms with Gasteiger partial charge in [-0.2, -0.15) is 0 Å². The van der Waals surface area contributed by atoms with E-state index in [4.69, 9.17) is 11.5 Å². The average molecular weight is 430 g/mol. The number of nitrogens with two attached hydrogens (primary N) is 2. The smallest absolute Gasteiger partial charge is 0.191 e. The Morgan fingerprint density at radius 1 is 1.38 bits per heavy atom. The highest BCUT2D eigenvalue weighted by atomic mass is 32.2. The Bertz CT molecular complexity index is 1020. The lowest BCUT2D eigenvalue weighted by Gasteiger charge is -2.16. The van der Waals surface area contributed by atoms with Gasteiger partial charge in [-0.3, -0.25) is 0 Å². The van der Waals surface area contributed by atoms with Gasteiger partial charge in [0.05, 0.1) is 20.9 Å². The third-order valence-electron chi connectivity index (χ3n) is 5.38. The standard InChI is InChI=1S/C20H27N7S2/c1-13-23-17-10-14(4-5-18(17)29-13)15-6-8-27(12-15)7-3-9-28-20-25-24-19(26(20)2)16(22)11-21/h4-5,10-11,15H,3,6-9,12,21-22H2,1-2H3/b16-11-. The number of thiazole rings is 1. The molecule has 0 saturated carbocycles. The number of nitrogens with zero attached hydrogens (tertiary/aromatic N) is 5. The molecule has 9 heteroatoms. The van der Waals surface area contributed by atoms with E-state index in [0.29, 0.717) is 17.4 Å². The number of fused-ring (bicyclic) bond motifs is 1. The summed E-state index contributed by atoms with van der Waals surface area (Å²) >= 11 is 3.48. The molecule has 7 nitrogen and oxygen atoms in total. The Balaban J connectivity index is 1.26.